The van der Waals surface area contributed by atoms with E-state index in [0.717, 1.165) is 29.2 Å². The molecule has 4 bridgehead atoms. The molecule has 0 radical (unpaired) electrons. The van der Waals surface area contributed by atoms with Crippen molar-refractivity contribution in [3.63, 3.8) is 0 Å². The highest BCUT2D eigenvalue weighted by molar-refractivity contribution is 6.31. The fourth-order valence-corrected chi connectivity index (χ4v) is 5.97. The van der Waals surface area contributed by atoms with Crippen LogP contribution in [0.3, 0.4) is 0 Å². The minimum Gasteiger partial charge on any atom is -0.327 e. The summed E-state index contributed by atoms with van der Waals surface area (Å²) >= 11 is 6.10. The van der Waals surface area contributed by atoms with E-state index in [4.69, 9.17) is 17.3 Å². The molecule has 1 unspecified atom stereocenters. The van der Waals surface area contributed by atoms with Crippen molar-refractivity contribution < 1.29 is 4.39 Å². The molecule has 0 amide bonds. The van der Waals surface area contributed by atoms with E-state index < -0.39 is 0 Å². The van der Waals surface area contributed by atoms with Crippen LogP contribution in [0.1, 0.15) is 37.7 Å². The molecule has 0 aromatic heterocycles. The Kier molecular flexibility index (Phi) is 3.50. The maximum atomic E-state index is 13.6. The molecule has 0 saturated heterocycles. The Morgan fingerprint density at radius 1 is 1.10 bits per heavy atom. The van der Waals surface area contributed by atoms with Crippen LogP contribution in [0.2, 0.25) is 5.02 Å². The van der Waals surface area contributed by atoms with Gasteiger partial charge in [0.1, 0.15) is 5.82 Å². The molecular weight excluding hydrogens is 285 g/mol. The van der Waals surface area contributed by atoms with E-state index in [9.17, 15) is 4.39 Å². The van der Waals surface area contributed by atoms with Crippen molar-refractivity contribution in [2.45, 2.75) is 44.6 Å². The number of hydrogen-bond acceptors (Lipinski definition) is 1. The Morgan fingerprint density at radius 2 is 1.71 bits per heavy atom. The zero-order valence-electron chi connectivity index (χ0n) is 12.3. The van der Waals surface area contributed by atoms with Crippen LogP contribution in [0.4, 0.5) is 4.39 Å². The lowest BCUT2D eigenvalue weighted by Crippen LogP contribution is -2.52. The molecule has 4 saturated carbocycles. The van der Waals surface area contributed by atoms with Gasteiger partial charge in [0.05, 0.1) is 5.02 Å². The van der Waals surface area contributed by atoms with Crippen LogP contribution in [0, 0.1) is 35.4 Å². The van der Waals surface area contributed by atoms with Crippen molar-refractivity contribution in [3.8, 4) is 0 Å². The van der Waals surface area contributed by atoms with Gasteiger partial charge in [-0.25, -0.2) is 4.39 Å². The average Bonchev–Trinajstić information content (AvgIpc) is 2.42. The predicted molar refractivity (Wildman–Crippen MR) is 83.6 cm³/mol. The van der Waals surface area contributed by atoms with E-state index in [1.165, 1.54) is 38.2 Å². The van der Waals surface area contributed by atoms with Gasteiger partial charge in [0.2, 0.25) is 0 Å². The molecule has 3 heteroatoms. The molecule has 21 heavy (non-hydrogen) atoms. The quantitative estimate of drug-likeness (QED) is 0.879. The highest BCUT2D eigenvalue weighted by Gasteiger charge is 2.49. The van der Waals surface area contributed by atoms with Gasteiger partial charge < -0.3 is 5.73 Å². The first kappa shape index (κ1) is 14.0. The lowest BCUT2D eigenvalue weighted by Gasteiger charge is -2.56. The second-order valence-corrected chi connectivity index (χ2v) is 7.97. The molecule has 1 nitrogen and oxygen atoms in total. The Hall–Kier alpha value is -0.600. The van der Waals surface area contributed by atoms with Gasteiger partial charge in [0.15, 0.2) is 0 Å². The van der Waals surface area contributed by atoms with Gasteiger partial charge in [-0.1, -0.05) is 23.7 Å². The number of hydrogen-bond donors (Lipinski definition) is 1. The van der Waals surface area contributed by atoms with E-state index in [0.29, 0.717) is 12.3 Å². The standard InChI is InChI=1S/C18H23ClFN/c19-18-12(2-1-3-15(18)20)9-16(21)17-13-5-10-4-11(7-13)8-14(17)6-10/h1-3,10-11,13-14,16-17H,4-9,21H2. The lowest BCUT2D eigenvalue weighted by atomic mass is 9.50. The zero-order chi connectivity index (χ0) is 14.6. The van der Waals surface area contributed by atoms with Gasteiger partial charge >= 0.3 is 0 Å². The van der Waals surface area contributed by atoms with E-state index in [1.54, 1.807) is 6.07 Å². The van der Waals surface area contributed by atoms with Crippen LogP contribution < -0.4 is 5.73 Å². The van der Waals surface area contributed by atoms with Crippen LogP contribution in [0.15, 0.2) is 18.2 Å². The smallest absolute Gasteiger partial charge is 0.142 e. The number of benzene rings is 1. The zero-order valence-corrected chi connectivity index (χ0v) is 13.0. The first-order chi connectivity index (χ1) is 10.1. The molecule has 4 fully saturated rings. The van der Waals surface area contributed by atoms with Gasteiger partial charge in [0.25, 0.3) is 0 Å². The van der Waals surface area contributed by atoms with E-state index in [1.807, 2.05) is 6.07 Å². The van der Waals surface area contributed by atoms with Crippen LogP contribution in [0.5, 0.6) is 0 Å². The Balaban J connectivity index is 1.52. The van der Waals surface area contributed by atoms with Crippen LogP contribution >= 0.6 is 11.6 Å². The van der Waals surface area contributed by atoms with Crippen molar-refractivity contribution in [1.29, 1.82) is 0 Å². The minimum atomic E-state index is -0.327. The first-order valence-corrected chi connectivity index (χ1v) is 8.68. The third-order valence-corrected chi connectivity index (χ3v) is 6.70. The summed E-state index contributed by atoms with van der Waals surface area (Å²) in [6, 6.07) is 5.20. The summed E-state index contributed by atoms with van der Waals surface area (Å²) in [5.41, 5.74) is 7.44. The maximum Gasteiger partial charge on any atom is 0.142 e. The highest BCUT2D eigenvalue weighted by Crippen LogP contribution is 2.57. The van der Waals surface area contributed by atoms with Gasteiger partial charge in [-0.15, -0.1) is 0 Å². The van der Waals surface area contributed by atoms with Gasteiger partial charge in [-0.05, 0) is 79.7 Å². The van der Waals surface area contributed by atoms with Crippen molar-refractivity contribution in [2.75, 3.05) is 0 Å². The molecule has 1 atom stereocenters. The Bertz CT molecular complexity index is 516. The SMILES string of the molecule is NC(Cc1cccc(F)c1Cl)C1C2CC3CC(C2)CC1C3. The van der Waals surface area contributed by atoms with Crippen molar-refractivity contribution >= 4 is 11.6 Å². The minimum absolute atomic E-state index is 0.124. The average molecular weight is 308 g/mol. The number of halogens is 2. The van der Waals surface area contributed by atoms with Gasteiger partial charge in [-0.2, -0.15) is 0 Å². The van der Waals surface area contributed by atoms with Crippen LogP contribution in [-0.4, -0.2) is 6.04 Å². The van der Waals surface area contributed by atoms with Crippen molar-refractivity contribution in [1.82, 2.24) is 0 Å². The molecule has 1 aromatic carbocycles. The predicted octanol–water partition coefficient (Wildman–Crippen LogP) is 4.42. The Morgan fingerprint density at radius 3 is 2.33 bits per heavy atom. The molecule has 5 rings (SSSR count). The summed E-state index contributed by atoms with van der Waals surface area (Å²) in [5.74, 6) is 3.85. The fraction of sp³-hybridized carbons (Fsp3) is 0.667. The first-order valence-electron chi connectivity index (χ1n) is 8.30. The molecule has 2 N–H and O–H groups in total. The molecule has 4 aliphatic carbocycles. The van der Waals surface area contributed by atoms with E-state index in [2.05, 4.69) is 0 Å². The third kappa shape index (κ3) is 2.41. The van der Waals surface area contributed by atoms with Crippen molar-refractivity contribution in [3.05, 3.63) is 34.6 Å². The molecular formula is C18H23ClFN. The van der Waals surface area contributed by atoms with E-state index in [-0.39, 0.29) is 16.9 Å². The maximum absolute atomic E-state index is 13.6. The molecule has 4 aliphatic rings. The Labute approximate surface area is 131 Å². The summed E-state index contributed by atoms with van der Waals surface area (Å²) < 4.78 is 13.6. The topological polar surface area (TPSA) is 26.0 Å². The number of nitrogens with two attached hydrogens (primary N) is 1. The summed E-state index contributed by atoms with van der Waals surface area (Å²) in [6.45, 7) is 0. The summed E-state index contributed by atoms with van der Waals surface area (Å²) in [5, 5.41) is 0.261. The normalized spacial score (nSPS) is 38.7. The highest BCUT2D eigenvalue weighted by atomic mass is 35.5. The molecule has 0 aliphatic heterocycles. The molecule has 0 spiro atoms. The van der Waals surface area contributed by atoms with Gasteiger partial charge in [0, 0.05) is 6.04 Å². The lowest BCUT2D eigenvalue weighted by molar-refractivity contribution is -0.0464. The molecule has 0 heterocycles. The largest absolute Gasteiger partial charge is 0.327 e. The fourth-order valence-electron chi connectivity index (χ4n) is 5.76. The third-order valence-electron chi connectivity index (χ3n) is 6.28. The molecule has 1 aromatic rings. The second-order valence-electron chi connectivity index (χ2n) is 7.59. The summed E-state index contributed by atoms with van der Waals surface area (Å²) in [4.78, 5) is 0. The second kappa shape index (κ2) is 5.24. The van der Waals surface area contributed by atoms with Crippen LogP contribution in [0.25, 0.3) is 0 Å². The monoisotopic (exact) mass is 307 g/mol. The summed E-state index contributed by atoms with van der Waals surface area (Å²) in [6.07, 6.45) is 7.68. The summed E-state index contributed by atoms with van der Waals surface area (Å²) in [7, 11) is 0. The van der Waals surface area contributed by atoms with Crippen LogP contribution in [-0.2, 0) is 6.42 Å². The van der Waals surface area contributed by atoms with E-state index >= 15 is 0 Å². The van der Waals surface area contributed by atoms with Gasteiger partial charge in [-0.3, -0.25) is 0 Å². The molecule has 114 valence electrons. The van der Waals surface area contributed by atoms with Crippen molar-refractivity contribution in [2.24, 2.45) is 35.3 Å². The number of rotatable bonds is 3.